The summed E-state index contributed by atoms with van der Waals surface area (Å²) in [5.74, 6) is 1.32. The van der Waals surface area contributed by atoms with Gasteiger partial charge in [0.05, 0.1) is 6.61 Å². The van der Waals surface area contributed by atoms with Crippen molar-refractivity contribution in [3.63, 3.8) is 0 Å². The van der Waals surface area contributed by atoms with Gasteiger partial charge in [-0.05, 0) is 37.6 Å². The zero-order valence-corrected chi connectivity index (χ0v) is 13.5. The number of fused-ring (bicyclic) bond motifs is 2. The average molecular weight is 320 g/mol. The molecule has 0 aliphatic rings. The molecule has 4 rings (SSSR count). The van der Waals surface area contributed by atoms with Crippen LogP contribution < -0.4 is 10.4 Å². The molecule has 0 unspecified atom stereocenters. The molecule has 4 heteroatoms. The molecule has 0 bridgehead atoms. The summed E-state index contributed by atoms with van der Waals surface area (Å²) in [6.45, 7) is 4.45. The first kappa shape index (κ1) is 14.6. The smallest absolute Gasteiger partial charge is 0.336 e. The maximum atomic E-state index is 11.9. The van der Waals surface area contributed by atoms with E-state index in [-0.39, 0.29) is 0 Å². The molecular weight excluding hydrogens is 304 g/mol. The summed E-state index contributed by atoms with van der Waals surface area (Å²) < 4.78 is 17.0. The lowest BCUT2D eigenvalue weighted by atomic mass is 10.1. The fraction of sp³-hybridized carbons (Fsp3) is 0.150. The maximum absolute atomic E-state index is 11.9. The Morgan fingerprint density at radius 1 is 1.04 bits per heavy atom. The molecule has 0 N–H and O–H groups in total. The zero-order chi connectivity index (χ0) is 16.7. The second-order valence-corrected chi connectivity index (χ2v) is 5.70. The highest BCUT2D eigenvalue weighted by molar-refractivity contribution is 5.95. The first-order valence-electron chi connectivity index (χ1n) is 7.86. The van der Waals surface area contributed by atoms with E-state index in [1.165, 1.54) is 6.07 Å². The van der Waals surface area contributed by atoms with Crippen LogP contribution in [0.1, 0.15) is 12.5 Å². The number of ether oxygens (including phenoxy) is 1. The Hall–Kier alpha value is -3.01. The first-order valence-corrected chi connectivity index (χ1v) is 7.86. The van der Waals surface area contributed by atoms with Gasteiger partial charge in [0.1, 0.15) is 11.3 Å². The van der Waals surface area contributed by atoms with Gasteiger partial charge >= 0.3 is 5.63 Å². The molecule has 0 fully saturated rings. The van der Waals surface area contributed by atoms with Gasteiger partial charge in [0.25, 0.3) is 0 Å². The van der Waals surface area contributed by atoms with Gasteiger partial charge in [0, 0.05) is 22.4 Å². The second-order valence-electron chi connectivity index (χ2n) is 5.70. The maximum Gasteiger partial charge on any atom is 0.336 e. The number of aryl methyl sites for hydroxylation is 1. The summed E-state index contributed by atoms with van der Waals surface area (Å²) in [6, 6.07) is 14.9. The number of furan rings is 1. The number of hydrogen-bond acceptors (Lipinski definition) is 4. The van der Waals surface area contributed by atoms with Gasteiger partial charge in [-0.3, -0.25) is 0 Å². The minimum Gasteiger partial charge on any atom is -0.490 e. The molecule has 4 nitrogen and oxygen atoms in total. The van der Waals surface area contributed by atoms with Crippen molar-refractivity contribution in [2.24, 2.45) is 0 Å². The summed E-state index contributed by atoms with van der Waals surface area (Å²) in [6.07, 6.45) is 0. The van der Waals surface area contributed by atoms with E-state index in [0.717, 1.165) is 21.9 Å². The van der Waals surface area contributed by atoms with Crippen LogP contribution in [-0.4, -0.2) is 6.61 Å². The fourth-order valence-electron chi connectivity index (χ4n) is 2.91. The Balaban J connectivity index is 1.99. The van der Waals surface area contributed by atoms with Crippen molar-refractivity contribution in [3.05, 3.63) is 64.5 Å². The van der Waals surface area contributed by atoms with E-state index in [2.05, 4.69) is 0 Å². The van der Waals surface area contributed by atoms with Crippen LogP contribution in [0.5, 0.6) is 5.75 Å². The molecule has 120 valence electrons. The highest BCUT2D eigenvalue weighted by Gasteiger charge is 2.14. The molecule has 0 aliphatic carbocycles. The van der Waals surface area contributed by atoms with Crippen molar-refractivity contribution in [1.82, 2.24) is 0 Å². The van der Waals surface area contributed by atoms with Crippen LogP contribution in [0.15, 0.2) is 62.2 Å². The predicted molar refractivity (Wildman–Crippen MR) is 93.6 cm³/mol. The van der Waals surface area contributed by atoms with Crippen LogP contribution >= 0.6 is 0 Å². The Bertz CT molecular complexity index is 1100. The minimum absolute atomic E-state index is 0.395. The lowest BCUT2D eigenvalue weighted by Crippen LogP contribution is -1.97. The Labute approximate surface area is 138 Å². The van der Waals surface area contributed by atoms with E-state index in [9.17, 15) is 4.79 Å². The van der Waals surface area contributed by atoms with Crippen molar-refractivity contribution < 1.29 is 13.6 Å². The highest BCUT2D eigenvalue weighted by atomic mass is 16.5. The number of para-hydroxylation sites is 1. The Morgan fingerprint density at radius 2 is 1.92 bits per heavy atom. The Kier molecular flexibility index (Phi) is 3.38. The van der Waals surface area contributed by atoms with Crippen LogP contribution in [0.25, 0.3) is 33.3 Å². The van der Waals surface area contributed by atoms with Crippen LogP contribution in [0.2, 0.25) is 0 Å². The summed E-state index contributed by atoms with van der Waals surface area (Å²) in [5.41, 5.74) is 2.60. The molecule has 0 atom stereocenters. The molecule has 0 aliphatic heterocycles. The normalized spacial score (nSPS) is 11.2. The van der Waals surface area contributed by atoms with Crippen LogP contribution in [0.4, 0.5) is 0 Å². The molecule has 0 radical (unpaired) electrons. The fourth-order valence-corrected chi connectivity index (χ4v) is 2.91. The van der Waals surface area contributed by atoms with Crippen molar-refractivity contribution in [2.45, 2.75) is 13.8 Å². The van der Waals surface area contributed by atoms with Crippen LogP contribution in [-0.2, 0) is 0 Å². The molecule has 4 aromatic rings. The topological polar surface area (TPSA) is 52.6 Å². The van der Waals surface area contributed by atoms with Gasteiger partial charge in [-0.1, -0.05) is 24.3 Å². The van der Waals surface area contributed by atoms with Crippen molar-refractivity contribution in [2.75, 3.05) is 6.61 Å². The SMILES string of the molecule is CCOc1cccc2cc(-c3cc(=O)oc4cc(C)ccc34)oc12. The zero-order valence-electron chi connectivity index (χ0n) is 13.5. The third-order valence-corrected chi connectivity index (χ3v) is 3.97. The second kappa shape index (κ2) is 5.57. The standard InChI is InChI=1S/C20H16O4/c1-3-22-16-6-4-5-13-10-18(24-20(13)16)15-11-19(21)23-17-9-12(2)7-8-14(15)17/h4-11H,3H2,1-2H3. The number of hydrogen-bond donors (Lipinski definition) is 0. The van der Waals surface area contributed by atoms with Gasteiger partial charge in [-0.15, -0.1) is 0 Å². The van der Waals surface area contributed by atoms with Gasteiger partial charge in [0.2, 0.25) is 0 Å². The van der Waals surface area contributed by atoms with Crippen molar-refractivity contribution in [1.29, 1.82) is 0 Å². The number of benzene rings is 2. The van der Waals surface area contributed by atoms with E-state index >= 15 is 0 Å². The summed E-state index contributed by atoms with van der Waals surface area (Å²) >= 11 is 0. The van der Waals surface area contributed by atoms with Gasteiger partial charge < -0.3 is 13.6 Å². The average Bonchev–Trinajstić information content (AvgIpc) is 2.99. The first-order chi connectivity index (χ1) is 11.7. The third kappa shape index (κ3) is 2.36. The molecular formula is C20H16O4. The molecule has 24 heavy (non-hydrogen) atoms. The molecule has 0 saturated heterocycles. The molecule has 0 spiro atoms. The van der Waals surface area contributed by atoms with E-state index in [1.807, 2.05) is 56.3 Å². The molecule has 2 aromatic heterocycles. The van der Waals surface area contributed by atoms with E-state index < -0.39 is 5.63 Å². The molecule has 2 aromatic carbocycles. The summed E-state index contributed by atoms with van der Waals surface area (Å²) in [7, 11) is 0. The highest BCUT2D eigenvalue weighted by Crippen LogP contribution is 2.35. The van der Waals surface area contributed by atoms with E-state index in [4.69, 9.17) is 13.6 Å². The third-order valence-electron chi connectivity index (χ3n) is 3.97. The summed E-state index contributed by atoms with van der Waals surface area (Å²) in [5, 5.41) is 1.78. The number of rotatable bonds is 3. The van der Waals surface area contributed by atoms with Crippen molar-refractivity contribution >= 4 is 21.9 Å². The monoisotopic (exact) mass is 320 g/mol. The van der Waals surface area contributed by atoms with E-state index in [1.54, 1.807) is 0 Å². The van der Waals surface area contributed by atoms with Crippen LogP contribution in [0.3, 0.4) is 0 Å². The Morgan fingerprint density at radius 3 is 2.75 bits per heavy atom. The lowest BCUT2D eigenvalue weighted by molar-refractivity contribution is 0.339. The van der Waals surface area contributed by atoms with Gasteiger partial charge in [0.15, 0.2) is 11.3 Å². The van der Waals surface area contributed by atoms with Crippen LogP contribution in [0, 0.1) is 6.92 Å². The van der Waals surface area contributed by atoms with Gasteiger partial charge in [-0.25, -0.2) is 4.79 Å². The van der Waals surface area contributed by atoms with Crippen molar-refractivity contribution in [3.8, 4) is 17.1 Å². The summed E-state index contributed by atoms with van der Waals surface area (Å²) in [4.78, 5) is 11.9. The van der Waals surface area contributed by atoms with Gasteiger partial charge in [-0.2, -0.15) is 0 Å². The minimum atomic E-state index is -0.395. The lowest BCUT2D eigenvalue weighted by Gasteiger charge is -2.04. The van der Waals surface area contributed by atoms with E-state index in [0.29, 0.717) is 29.3 Å². The molecule has 2 heterocycles. The molecule has 0 amide bonds. The largest absolute Gasteiger partial charge is 0.490 e. The molecule has 0 saturated carbocycles. The quantitative estimate of drug-likeness (QED) is 0.503. The predicted octanol–water partition coefficient (Wildman–Crippen LogP) is 4.91.